The maximum Gasteiger partial charge on any atom is 0.0638 e. The van der Waals surface area contributed by atoms with E-state index in [4.69, 9.17) is 0 Å². The predicted molar refractivity (Wildman–Crippen MR) is 72.0 cm³/mol. The molecule has 0 saturated heterocycles. The molecule has 0 bridgehead atoms. The van der Waals surface area contributed by atoms with Crippen molar-refractivity contribution in [2.45, 2.75) is 20.8 Å². The molecule has 0 saturated carbocycles. The molecule has 0 aliphatic heterocycles. The molecule has 0 unspecified atom stereocenters. The lowest BCUT2D eigenvalue weighted by Gasteiger charge is -2.03. The summed E-state index contributed by atoms with van der Waals surface area (Å²) in [6.07, 6.45) is 3.61. The fourth-order valence-electron chi connectivity index (χ4n) is 1.85. The lowest BCUT2D eigenvalue weighted by Crippen LogP contribution is -1.94. The fourth-order valence-corrected chi connectivity index (χ4v) is 1.85. The molecule has 1 aromatic heterocycles. The van der Waals surface area contributed by atoms with E-state index < -0.39 is 0 Å². The van der Waals surface area contributed by atoms with Gasteiger partial charge in [-0.2, -0.15) is 0 Å². The standard InChI is InChI=1S/C15H16N2/c1-11-7-12(2)9-15(8-11)17-13(3)14-5-4-6-16-10-14/h4-10H,1-3H3. The second-order valence-electron chi connectivity index (χ2n) is 4.28. The molecule has 1 heterocycles. The minimum absolute atomic E-state index is 0.989. The van der Waals surface area contributed by atoms with E-state index in [1.54, 1.807) is 6.20 Å². The highest BCUT2D eigenvalue weighted by atomic mass is 14.7. The Morgan fingerprint density at radius 2 is 1.82 bits per heavy atom. The SMILES string of the molecule is CC(=Nc1cc(C)cc(C)c1)c1cccnc1. The highest BCUT2D eigenvalue weighted by Crippen LogP contribution is 2.18. The Kier molecular flexibility index (Phi) is 3.33. The summed E-state index contributed by atoms with van der Waals surface area (Å²) < 4.78 is 0. The van der Waals surface area contributed by atoms with Crippen molar-refractivity contribution in [1.29, 1.82) is 0 Å². The zero-order valence-corrected chi connectivity index (χ0v) is 10.4. The zero-order chi connectivity index (χ0) is 12.3. The Labute approximate surface area is 102 Å². The van der Waals surface area contributed by atoms with Crippen molar-refractivity contribution in [1.82, 2.24) is 4.98 Å². The van der Waals surface area contributed by atoms with Crippen molar-refractivity contribution in [3.63, 3.8) is 0 Å². The van der Waals surface area contributed by atoms with Crippen LogP contribution < -0.4 is 0 Å². The summed E-state index contributed by atoms with van der Waals surface area (Å²) in [5, 5.41) is 0. The maximum atomic E-state index is 4.63. The Hall–Kier alpha value is -1.96. The lowest BCUT2D eigenvalue weighted by atomic mass is 10.1. The Morgan fingerprint density at radius 1 is 1.12 bits per heavy atom. The monoisotopic (exact) mass is 224 g/mol. The number of nitrogens with zero attached hydrogens (tertiary/aromatic N) is 2. The van der Waals surface area contributed by atoms with Crippen molar-refractivity contribution >= 4 is 11.4 Å². The van der Waals surface area contributed by atoms with Crippen molar-refractivity contribution in [3.05, 3.63) is 59.4 Å². The van der Waals surface area contributed by atoms with E-state index in [1.165, 1.54) is 11.1 Å². The highest BCUT2D eigenvalue weighted by Gasteiger charge is 1.98. The normalized spacial score (nSPS) is 11.6. The number of pyridine rings is 1. The van der Waals surface area contributed by atoms with Crippen LogP contribution in [0.5, 0.6) is 0 Å². The summed E-state index contributed by atoms with van der Waals surface area (Å²) >= 11 is 0. The first-order valence-electron chi connectivity index (χ1n) is 5.69. The van der Waals surface area contributed by atoms with Crippen LogP contribution in [0.1, 0.15) is 23.6 Å². The van der Waals surface area contributed by atoms with E-state index in [0.717, 1.165) is 17.0 Å². The predicted octanol–water partition coefficient (Wildman–Crippen LogP) is 3.84. The lowest BCUT2D eigenvalue weighted by molar-refractivity contribution is 1.30. The number of aliphatic imine (C=N–C) groups is 1. The van der Waals surface area contributed by atoms with Crippen LogP contribution in [0, 0.1) is 13.8 Å². The van der Waals surface area contributed by atoms with Crippen LogP contribution in [0.4, 0.5) is 5.69 Å². The third kappa shape index (κ3) is 3.00. The third-order valence-electron chi connectivity index (χ3n) is 2.58. The van der Waals surface area contributed by atoms with Crippen molar-refractivity contribution in [2.24, 2.45) is 4.99 Å². The van der Waals surface area contributed by atoms with Gasteiger partial charge in [-0.15, -0.1) is 0 Å². The molecule has 17 heavy (non-hydrogen) atoms. The summed E-state index contributed by atoms with van der Waals surface area (Å²) in [5.41, 5.74) is 5.53. The Morgan fingerprint density at radius 3 is 2.41 bits per heavy atom. The van der Waals surface area contributed by atoms with Gasteiger partial charge in [-0.3, -0.25) is 9.98 Å². The summed E-state index contributed by atoms with van der Waals surface area (Å²) in [6.45, 7) is 6.19. The van der Waals surface area contributed by atoms with Gasteiger partial charge in [-0.1, -0.05) is 12.1 Å². The van der Waals surface area contributed by atoms with Crippen LogP contribution in [0.15, 0.2) is 47.7 Å². The van der Waals surface area contributed by atoms with E-state index in [-0.39, 0.29) is 0 Å². The van der Waals surface area contributed by atoms with Crippen molar-refractivity contribution in [2.75, 3.05) is 0 Å². The molecule has 1 aromatic carbocycles. The van der Waals surface area contributed by atoms with E-state index in [9.17, 15) is 0 Å². The van der Waals surface area contributed by atoms with Gasteiger partial charge in [0.05, 0.1) is 5.69 Å². The molecule has 0 radical (unpaired) electrons. The number of rotatable bonds is 2. The molecule has 0 fully saturated rings. The van der Waals surface area contributed by atoms with Gasteiger partial charge in [0.2, 0.25) is 0 Å². The summed E-state index contributed by atoms with van der Waals surface area (Å²) in [6, 6.07) is 10.3. The largest absolute Gasteiger partial charge is 0.264 e. The molecule has 0 spiro atoms. The average molecular weight is 224 g/mol. The molecule has 0 atom stereocenters. The number of aryl methyl sites for hydroxylation is 2. The molecular formula is C15H16N2. The van der Waals surface area contributed by atoms with Crippen molar-refractivity contribution < 1.29 is 0 Å². The van der Waals surface area contributed by atoms with Gasteiger partial charge in [-0.05, 0) is 50.1 Å². The van der Waals surface area contributed by atoms with Gasteiger partial charge in [-0.25, -0.2) is 0 Å². The van der Waals surface area contributed by atoms with Crippen molar-refractivity contribution in [3.8, 4) is 0 Å². The molecule has 2 aromatic rings. The van der Waals surface area contributed by atoms with Crippen LogP contribution in [-0.4, -0.2) is 10.7 Å². The van der Waals surface area contributed by atoms with Crippen LogP contribution >= 0.6 is 0 Å². The molecule has 86 valence electrons. The van der Waals surface area contributed by atoms with Crippen LogP contribution in [0.2, 0.25) is 0 Å². The molecule has 0 aliphatic carbocycles. The summed E-state index contributed by atoms with van der Waals surface area (Å²) in [4.78, 5) is 8.73. The molecule has 0 N–H and O–H groups in total. The molecule has 0 aliphatic rings. The summed E-state index contributed by atoms with van der Waals surface area (Å²) in [5.74, 6) is 0. The molecule has 2 heteroatoms. The first-order valence-corrected chi connectivity index (χ1v) is 5.69. The zero-order valence-electron chi connectivity index (χ0n) is 10.4. The topological polar surface area (TPSA) is 25.2 Å². The maximum absolute atomic E-state index is 4.63. The van der Waals surface area contributed by atoms with Crippen LogP contribution in [0.25, 0.3) is 0 Å². The Bertz CT molecular complexity index is 522. The summed E-state index contributed by atoms with van der Waals surface area (Å²) in [7, 11) is 0. The first kappa shape index (κ1) is 11.5. The number of benzene rings is 1. The molecule has 0 amide bonds. The smallest absolute Gasteiger partial charge is 0.0638 e. The highest BCUT2D eigenvalue weighted by molar-refractivity contribution is 5.99. The second-order valence-corrected chi connectivity index (χ2v) is 4.28. The quantitative estimate of drug-likeness (QED) is 0.711. The van der Waals surface area contributed by atoms with E-state index in [2.05, 4.69) is 42.0 Å². The van der Waals surface area contributed by atoms with Gasteiger partial charge in [0.1, 0.15) is 0 Å². The number of hydrogen-bond acceptors (Lipinski definition) is 2. The Balaban J connectivity index is 2.36. The van der Waals surface area contributed by atoms with Gasteiger partial charge in [0, 0.05) is 23.7 Å². The van der Waals surface area contributed by atoms with Gasteiger partial charge in [0.25, 0.3) is 0 Å². The van der Waals surface area contributed by atoms with Gasteiger partial charge < -0.3 is 0 Å². The molecule has 2 rings (SSSR count). The number of hydrogen-bond donors (Lipinski definition) is 0. The first-order chi connectivity index (χ1) is 8.15. The minimum Gasteiger partial charge on any atom is -0.264 e. The van der Waals surface area contributed by atoms with E-state index in [0.29, 0.717) is 0 Å². The molecule has 2 nitrogen and oxygen atoms in total. The fraction of sp³-hybridized carbons (Fsp3) is 0.200. The van der Waals surface area contributed by atoms with E-state index >= 15 is 0 Å². The van der Waals surface area contributed by atoms with Gasteiger partial charge in [0.15, 0.2) is 0 Å². The number of aromatic nitrogens is 1. The third-order valence-corrected chi connectivity index (χ3v) is 2.58. The van der Waals surface area contributed by atoms with Crippen LogP contribution in [0.3, 0.4) is 0 Å². The minimum atomic E-state index is 0.989. The second kappa shape index (κ2) is 4.91. The average Bonchev–Trinajstić information content (AvgIpc) is 2.28. The molecular weight excluding hydrogens is 208 g/mol. The van der Waals surface area contributed by atoms with E-state index in [1.807, 2.05) is 25.3 Å². The van der Waals surface area contributed by atoms with Gasteiger partial charge >= 0.3 is 0 Å². The van der Waals surface area contributed by atoms with Crippen LogP contribution in [-0.2, 0) is 0 Å².